The normalized spacial score (nSPS) is 24.9. The summed E-state index contributed by atoms with van der Waals surface area (Å²) in [4.78, 5) is 14.1. The van der Waals surface area contributed by atoms with Crippen molar-refractivity contribution >= 4 is 5.91 Å². The molecule has 0 saturated heterocycles. The van der Waals surface area contributed by atoms with Crippen LogP contribution in [0.15, 0.2) is 47.6 Å². The first-order chi connectivity index (χ1) is 11.2. The molecule has 1 fully saturated rings. The fourth-order valence-electron chi connectivity index (χ4n) is 3.32. The average molecular weight is 314 g/mol. The van der Waals surface area contributed by atoms with Crippen molar-refractivity contribution < 1.29 is 4.79 Å². The first kappa shape index (κ1) is 15.7. The molecule has 1 unspecified atom stereocenters. The molecule has 124 valence electrons. The van der Waals surface area contributed by atoms with E-state index in [9.17, 15) is 4.79 Å². The Balaban J connectivity index is 1.67. The van der Waals surface area contributed by atoms with Crippen LogP contribution in [-0.2, 0) is 4.79 Å². The van der Waals surface area contributed by atoms with Crippen LogP contribution in [0, 0.1) is 0 Å². The predicted molar refractivity (Wildman–Crippen MR) is 91.6 cm³/mol. The summed E-state index contributed by atoms with van der Waals surface area (Å²) in [7, 11) is 0. The van der Waals surface area contributed by atoms with Crippen LogP contribution in [0.4, 0.5) is 0 Å². The second-order valence-corrected chi connectivity index (χ2v) is 6.43. The molecule has 0 aromatic heterocycles. The van der Waals surface area contributed by atoms with Crippen molar-refractivity contribution in [1.82, 2.24) is 15.5 Å². The maximum Gasteiger partial charge on any atom is 0.257 e. The predicted octanol–water partition coefficient (Wildman–Crippen LogP) is 2.21. The first-order valence-electron chi connectivity index (χ1n) is 8.59. The standard InChI is InChI=1S/C18H26N4O/c1-2-5-14-11-21-17-10-13(8-9-22(17)18(14)23)16(19)12-20-15-6-3-4-7-15/h8-12,15,17,20-21H,2-7,19H2,1H3/b16-12-. The molecule has 1 atom stereocenters. The highest BCUT2D eigenvalue weighted by molar-refractivity contribution is 5.95. The maximum atomic E-state index is 12.4. The van der Waals surface area contributed by atoms with Gasteiger partial charge in [0.25, 0.3) is 5.91 Å². The lowest BCUT2D eigenvalue weighted by atomic mass is 10.0. The van der Waals surface area contributed by atoms with Gasteiger partial charge in [-0.15, -0.1) is 0 Å². The zero-order valence-electron chi connectivity index (χ0n) is 13.7. The van der Waals surface area contributed by atoms with Gasteiger partial charge in [0, 0.05) is 35.8 Å². The van der Waals surface area contributed by atoms with Gasteiger partial charge in [-0.25, -0.2) is 0 Å². The lowest BCUT2D eigenvalue weighted by Crippen LogP contribution is -2.48. The molecular weight excluding hydrogens is 288 g/mol. The SMILES string of the molecule is CCCC1=CNC2C=C(/C(N)=C/NC3CCCC3)C=CN2C1=O. The lowest BCUT2D eigenvalue weighted by Gasteiger charge is -2.34. The summed E-state index contributed by atoms with van der Waals surface area (Å²) >= 11 is 0. The highest BCUT2D eigenvalue weighted by Crippen LogP contribution is 2.23. The van der Waals surface area contributed by atoms with Gasteiger partial charge in [0.2, 0.25) is 0 Å². The van der Waals surface area contributed by atoms with Gasteiger partial charge in [0.15, 0.2) is 0 Å². The molecule has 0 radical (unpaired) electrons. The van der Waals surface area contributed by atoms with Crippen LogP contribution >= 0.6 is 0 Å². The Hall–Kier alpha value is -2.17. The van der Waals surface area contributed by atoms with E-state index in [-0.39, 0.29) is 12.1 Å². The molecule has 23 heavy (non-hydrogen) atoms. The molecule has 3 rings (SSSR count). The van der Waals surface area contributed by atoms with Gasteiger partial charge in [-0.3, -0.25) is 9.69 Å². The quantitative estimate of drug-likeness (QED) is 0.728. The van der Waals surface area contributed by atoms with E-state index in [1.807, 2.05) is 30.8 Å². The van der Waals surface area contributed by atoms with Crippen LogP contribution in [0.2, 0.25) is 0 Å². The van der Waals surface area contributed by atoms with Crippen LogP contribution in [0.3, 0.4) is 0 Å². The summed E-state index contributed by atoms with van der Waals surface area (Å²) < 4.78 is 0. The smallest absolute Gasteiger partial charge is 0.257 e. The minimum Gasteiger partial charge on any atom is -0.397 e. The molecule has 4 N–H and O–H groups in total. The van der Waals surface area contributed by atoms with E-state index in [1.54, 1.807) is 4.90 Å². The van der Waals surface area contributed by atoms with Gasteiger partial charge in [-0.05, 0) is 31.4 Å². The number of hydrogen-bond donors (Lipinski definition) is 3. The van der Waals surface area contributed by atoms with Gasteiger partial charge >= 0.3 is 0 Å². The highest BCUT2D eigenvalue weighted by Gasteiger charge is 2.28. The third kappa shape index (κ3) is 3.44. The van der Waals surface area contributed by atoms with E-state index in [1.165, 1.54) is 25.7 Å². The monoisotopic (exact) mass is 314 g/mol. The molecule has 1 amide bonds. The Kier molecular flexibility index (Phi) is 4.74. The van der Waals surface area contributed by atoms with Gasteiger partial charge < -0.3 is 16.4 Å². The van der Waals surface area contributed by atoms with Gasteiger partial charge in [0.1, 0.15) is 6.17 Å². The maximum absolute atomic E-state index is 12.4. The van der Waals surface area contributed by atoms with Crippen LogP contribution in [0.25, 0.3) is 0 Å². The van der Waals surface area contributed by atoms with Crippen molar-refractivity contribution in [3.8, 4) is 0 Å². The zero-order chi connectivity index (χ0) is 16.2. The van der Waals surface area contributed by atoms with Crippen molar-refractivity contribution in [2.45, 2.75) is 57.7 Å². The largest absolute Gasteiger partial charge is 0.397 e. The molecule has 2 aliphatic heterocycles. The number of carbonyl (C=O) groups excluding carboxylic acids is 1. The van der Waals surface area contributed by atoms with Crippen molar-refractivity contribution in [1.29, 1.82) is 0 Å². The van der Waals surface area contributed by atoms with Gasteiger partial charge in [-0.2, -0.15) is 0 Å². The van der Waals surface area contributed by atoms with Gasteiger partial charge in [-0.1, -0.05) is 26.2 Å². The summed E-state index contributed by atoms with van der Waals surface area (Å²) in [6, 6.07) is 0.548. The molecule has 0 bridgehead atoms. The number of amides is 1. The van der Waals surface area contributed by atoms with Crippen molar-refractivity contribution in [3.63, 3.8) is 0 Å². The second kappa shape index (κ2) is 6.94. The molecule has 5 nitrogen and oxygen atoms in total. The number of nitrogens with two attached hydrogens (primary N) is 1. The summed E-state index contributed by atoms with van der Waals surface area (Å²) in [6.07, 6.45) is 16.1. The Labute approximate surface area is 138 Å². The fourth-order valence-corrected chi connectivity index (χ4v) is 3.32. The van der Waals surface area contributed by atoms with Crippen LogP contribution in [-0.4, -0.2) is 23.0 Å². The van der Waals surface area contributed by atoms with E-state index in [4.69, 9.17) is 5.73 Å². The molecule has 0 aromatic carbocycles. The lowest BCUT2D eigenvalue weighted by molar-refractivity contribution is -0.127. The molecule has 2 heterocycles. The zero-order valence-corrected chi connectivity index (χ0v) is 13.7. The average Bonchev–Trinajstić information content (AvgIpc) is 3.08. The minimum absolute atomic E-state index is 0.0776. The fraction of sp³-hybridized carbons (Fsp3) is 0.500. The highest BCUT2D eigenvalue weighted by atomic mass is 16.2. The van der Waals surface area contributed by atoms with Crippen molar-refractivity contribution in [2.24, 2.45) is 5.73 Å². The molecule has 1 saturated carbocycles. The number of allylic oxidation sites excluding steroid dienone is 1. The molecule has 5 heteroatoms. The van der Waals surface area contributed by atoms with E-state index >= 15 is 0 Å². The molecular formula is C18H26N4O. The molecule has 1 aliphatic carbocycles. The molecule has 0 spiro atoms. The third-order valence-electron chi connectivity index (χ3n) is 4.67. The van der Waals surface area contributed by atoms with Crippen LogP contribution in [0.1, 0.15) is 45.4 Å². The second-order valence-electron chi connectivity index (χ2n) is 6.43. The summed E-state index contributed by atoms with van der Waals surface area (Å²) in [6.45, 7) is 2.08. The van der Waals surface area contributed by atoms with Gasteiger partial charge in [0.05, 0.1) is 5.70 Å². The summed E-state index contributed by atoms with van der Waals surface area (Å²) in [5.74, 6) is 0.0776. The van der Waals surface area contributed by atoms with E-state index in [0.29, 0.717) is 11.7 Å². The van der Waals surface area contributed by atoms with Crippen molar-refractivity contribution in [2.75, 3.05) is 0 Å². The number of fused-ring (bicyclic) bond motifs is 1. The Morgan fingerprint density at radius 2 is 2.26 bits per heavy atom. The van der Waals surface area contributed by atoms with Crippen LogP contribution < -0.4 is 16.4 Å². The number of nitrogens with one attached hydrogen (secondary N) is 2. The number of carbonyl (C=O) groups is 1. The Morgan fingerprint density at radius 1 is 1.48 bits per heavy atom. The molecule has 0 aromatic rings. The Bertz CT molecular complexity index is 582. The summed E-state index contributed by atoms with van der Waals surface area (Å²) in [5, 5.41) is 6.69. The molecule has 3 aliphatic rings. The topological polar surface area (TPSA) is 70.4 Å². The van der Waals surface area contributed by atoms with E-state index in [2.05, 4.69) is 17.6 Å². The summed E-state index contributed by atoms with van der Waals surface area (Å²) in [5.41, 5.74) is 8.68. The number of rotatable bonds is 5. The number of hydrogen-bond acceptors (Lipinski definition) is 4. The van der Waals surface area contributed by atoms with Crippen molar-refractivity contribution in [3.05, 3.63) is 47.6 Å². The van der Waals surface area contributed by atoms with Crippen LogP contribution in [0.5, 0.6) is 0 Å². The number of nitrogens with zero attached hydrogens (tertiary/aromatic N) is 1. The minimum atomic E-state index is -0.151. The van der Waals surface area contributed by atoms with E-state index < -0.39 is 0 Å². The Morgan fingerprint density at radius 3 is 3.00 bits per heavy atom. The first-order valence-corrected chi connectivity index (χ1v) is 8.59. The van der Waals surface area contributed by atoms with E-state index in [0.717, 1.165) is 24.0 Å². The third-order valence-corrected chi connectivity index (χ3v) is 4.67.